The number of para-hydroxylation sites is 1. The van der Waals surface area contributed by atoms with Gasteiger partial charge >= 0.3 is 0 Å². The number of pyridine rings is 1. The number of fused-ring (bicyclic) bond motifs is 1. The molecule has 2 aliphatic carbocycles. The number of aromatic nitrogens is 5. The minimum Gasteiger partial charge on any atom is -0.495 e. The van der Waals surface area contributed by atoms with Gasteiger partial charge in [-0.3, -0.25) is 14.2 Å². The van der Waals surface area contributed by atoms with Crippen molar-refractivity contribution in [3.05, 3.63) is 42.9 Å². The molecule has 186 valence electrons. The zero-order valence-electron chi connectivity index (χ0n) is 20.8. The number of methoxy groups -OCH3 is 2. The van der Waals surface area contributed by atoms with Gasteiger partial charge in [0.1, 0.15) is 17.3 Å². The molecule has 36 heavy (non-hydrogen) atoms. The summed E-state index contributed by atoms with van der Waals surface area (Å²) in [6.45, 7) is 0. The van der Waals surface area contributed by atoms with Crippen LogP contribution in [0.1, 0.15) is 38.1 Å². The van der Waals surface area contributed by atoms with Crippen LogP contribution in [-0.2, 0) is 16.6 Å². The standard InChI is InChI=1S/C27H30N6O3/c1-32-22-14-28-24(30-27(34)16-10-11-16)12-20(22)25(31-32)19-7-4-6-18(26(19)36-3)17-13-29-33(15-17)21-8-5-9-23(21)35-2/h4,6-7,12-16,21,23H,5,8-11H2,1-3H3,(H,28,30,34)/t21-,23-/m0/s1. The summed E-state index contributed by atoms with van der Waals surface area (Å²) in [5.74, 6) is 1.40. The lowest BCUT2D eigenvalue weighted by Crippen LogP contribution is -2.20. The number of nitrogens with one attached hydrogen (secondary N) is 1. The third-order valence-electron chi connectivity index (χ3n) is 7.38. The summed E-state index contributed by atoms with van der Waals surface area (Å²) in [5.41, 5.74) is 4.45. The fraction of sp³-hybridized carbons (Fsp3) is 0.407. The van der Waals surface area contributed by atoms with E-state index >= 15 is 0 Å². The predicted octanol–water partition coefficient (Wildman–Crippen LogP) is 4.60. The number of aryl methyl sites for hydroxylation is 1. The van der Waals surface area contributed by atoms with E-state index in [0.29, 0.717) is 5.82 Å². The molecule has 4 aromatic rings. The van der Waals surface area contributed by atoms with Crippen molar-refractivity contribution in [1.29, 1.82) is 0 Å². The fourth-order valence-electron chi connectivity index (χ4n) is 5.31. The lowest BCUT2D eigenvalue weighted by Gasteiger charge is -2.18. The van der Waals surface area contributed by atoms with E-state index in [4.69, 9.17) is 14.6 Å². The molecular weight excluding hydrogens is 456 g/mol. The molecule has 2 saturated carbocycles. The van der Waals surface area contributed by atoms with Gasteiger partial charge in [-0.05, 0) is 44.2 Å². The molecule has 1 aromatic carbocycles. The lowest BCUT2D eigenvalue weighted by atomic mass is 10.0. The van der Waals surface area contributed by atoms with Crippen LogP contribution in [0.3, 0.4) is 0 Å². The number of anilines is 1. The Labute approximate surface area is 209 Å². The molecule has 2 aliphatic rings. The molecule has 0 bridgehead atoms. The Kier molecular flexibility index (Phi) is 5.72. The highest BCUT2D eigenvalue weighted by Crippen LogP contribution is 2.42. The average molecular weight is 487 g/mol. The first kappa shape index (κ1) is 22.7. The predicted molar refractivity (Wildman–Crippen MR) is 137 cm³/mol. The lowest BCUT2D eigenvalue weighted by molar-refractivity contribution is -0.117. The third kappa shape index (κ3) is 3.93. The van der Waals surface area contributed by atoms with Gasteiger partial charge in [-0.1, -0.05) is 12.1 Å². The molecule has 1 N–H and O–H groups in total. The summed E-state index contributed by atoms with van der Waals surface area (Å²) in [7, 11) is 5.35. The van der Waals surface area contributed by atoms with E-state index in [-0.39, 0.29) is 24.0 Å². The molecule has 0 aliphatic heterocycles. The number of hydrogen-bond acceptors (Lipinski definition) is 6. The molecular formula is C27H30N6O3. The van der Waals surface area contributed by atoms with Crippen LogP contribution in [0.4, 0.5) is 5.82 Å². The highest BCUT2D eigenvalue weighted by atomic mass is 16.5. The van der Waals surface area contributed by atoms with E-state index in [2.05, 4.69) is 21.6 Å². The van der Waals surface area contributed by atoms with Crippen molar-refractivity contribution in [2.24, 2.45) is 13.0 Å². The minimum atomic E-state index is 0.0295. The molecule has 0 radical (unpaired) electrons. The highest BCUT2D eigenvalue weighted by molar-refractivity contribution is 6.00. The second-order valence-electron chi connectivity index (χ2n) is 9.69. The fourth-order valence-corrected chi connectivity index (χ4v) is 5.31. The van der Waals surface area contributed by atoms with Crippen LogP contribution < -0.4 is 10.1 Å². The monoisotopic (exact) mass is 486 g/mol. The Morgan fingerprint density at radius 1 is 1.11 bits per heavy atom. The van der Waals surface area contributed by atoms with Gasteiger partial charge < -0.3 is 14.8 Å². The number of carbonyl (C=O) groups excluding carboxylic acids is 1. The quantitative estimate of drug-likeness (QED) is 0.410. The van der Waals surface area contributed by atoms with Crippen molar-refractivity contribution >= 4 is 22.6 Å². The normalized spacial score (nSPS) is 19.6. The Hall–Kier alpha value is -3.72. The van der Waals surface area contributed by atoms with Crippen molar-refractivity contribution in [3.63, 3.8) is 0 Å². The van der Waals surface area contributed by atoms with Gasteiger partial charge in [0, 0.05) is 48.3 Å². The number of rotatable bonds is 7. The van der Waals surface area contributed by atoms with Crippen molar-refractivity contribution in [2.45, 2.75) is 44.2 Å². The van der Waals surface area contributed by atoms with Gasteiger partial charge in [0.15, 0.2) is 0 Å². The average Bonchev–Trinajstić information content (AvgIpc) is 3.31. The second kappa shape index (κ2) is 9.05. The van der Waals surface area contributed by atoms with Crippen LogP contribution in [0.25, 0.3) is 33.3 Å². The van der Waals surface area contributed by atoms with E-state index in [0.717, 1.165) is 71.1 Å². The van der Waals surface area contributed by atoms with Crippen LogP contribution >= 0.6 is 0 Å². The number of ether oxygens (including phenoxy) is 2. The second-order valence-corrected chi connectivity index (χ2v) is 9.69. The van der Waals surface area contributed by atoms with Gasteiger partial charge in [-0.15, -0.1) is 0 Å². The summed E-state index contributed by atoms with van der Waals surface area (Å²) in [5, 5.41) is 13.3. The zero-order chi connectivity index (χ0) is 24.8. The number of carbonyl (C=O) groups is 1. The summed E-state index contributed by atoms with van der Waals surface area (Å²) >= 11 is 0. The maximum Gasteiger partial charge on any atom is 0.228 e. The van der Waals surface area contributed by atoms with Crippen LogP contribution in [-0.4, -0.2) is 50.8 Å². The SMILES string of the molecule is COc1c(-c2cnn([C@H]3CCC[C@@H]3OC)c2)cccc1-c1nn(C)c2cnc(NC(=O)C3CC3)cc12. The van der Waals surface area contributed by atoms with Crippen molar-refractivity contribution in [2.75, 3.05) is 19.5 Å². The molecule has 2 fully saturated rings. The topological polar surface area (TPSA) is 96.1 Å². The van der Waals surface area contributed by atoms with Gasteiger partial charge in [0.25, 0.3) is 0 Å². The summed E-state index contributed by atoms with van der Waals surface area (Å²) in [6, 6.07) is 8.20. The molecule has 0 unspecified atom stereocenters. The molecule has 0 saturated heterocycles. The van der Waals surface area contributed by atoms with Crippen molar-refractivity contribution in [3.8, 4) is 28.1 Å². The van der Waals surface area contributed by atoms with E-state index in [1.807, 2.05) is 42.2 Å². The molecule has 1 amide bonds. The molecule has 3 aromatic heterocycles. The molecule has 9 heteroatoms. The number of hydrogen-bond donors (Lipinski definition) is 1. The van der Waals surface area contributed by atoms with Crippen molar-refractivity contribution in [1.82, 2.24) is 24.5 Å². The Bertz CT molecular complexity index is 1440. The van der Waals surface area contributed by atoms with E-state index in [9.17, 15) is 4.79 Å². The van der Waals surface area contributed by atoms with E-state index < -0.39 is 0 Å². The number of benzene rings is 1. The molecule has 6 rings (SSSR count). The number of nitrogens with zero attached hydrogens (tertiary/aromatic N) is 5. The molecule has 0 spiro atoms. The van der Waals surface area contributed by atoms with Gasteiger partial charge in [-0.2, -0.15) is 10.2 Å². The Morgan fingerprint density at radius 3 is 2.72 bits per heavy atom. The maximum atomic E-state index is 12.3. The first-order valence-electron chi connectivity index (χ1n) is 12.5. The Balaban J connectivity index is 1.40. The van der Waals surface area contributed by atoms with Gasteiger partial charge in [0.05, 0.1) is 37.2 Å². The Morgan fingerprint density at radius 2 is 1.94 bits per heavy atom. The maximum absolute atomic E-state index is 12.3. The van der Waals surface area contributed by atoms with E-state index in [1.165, 1.54) is 0 Å². The van der Waals surface area contributed by atoms with Gasteiger partial charge in [0.2, 0.25) is 5.91 Å². The zero-order valence-corrected chi connectivity index (χ0v) is 20.8. The van der Waals surface area contributed by atoms with Crippen LogP contribution in [0.2, 0.25) is 0 Å². The van der Waals surface area contributed by atoms with Gasteiger partial charge in [-0.25, -0.2) is 4.98 Å². The largest absolute Gasteiger partial charge is 0.495 e. The third-order valence-corrected chi connectivity index (χ3v) is 7.38. The van der Waals surface area contributed by atoms with Crippen LogP contribution in [0, 0.1) is 5.92 Å². The summed E-state index contributed by atoms with van der Waals surface area (Å²) in [4.78, 5) is 16.7. The first-order valence-corrected chi connectivity index (χ1v) is 12.5. The molecule has 3 heterocycles. The minimum absolute atomic E-state index is 0.0295. The molecule has 9 nitrogen and oxygen atoms in total. The van der Waals surface area contributed by atoms with Crippen LogP contribution in [0.15, 0.2) is 42.9 Å². The summed E-state index contributed by atoms with van der Waals surface area (Å²) < 4.78 is 15.5. The smallest absolute Gasteiger partial charge is 0.228 e. The first-order chi connectivity index (χ1) is 17.6. The summed E-state index contributed by atoms with van der Waals surface area (Å²) in [6.07, 6.45) is 11.1. The molecule has 2 atom stereocenters. The number of amides is 1. The highest BCUT2D eigenvalue weighted by Gasteiger charge is 2.31. The van der Waals surface area contributed by atoms with Crippen LogP contribution in [0.5, 0.6) is 5.75 Å². The van der Waals surface area contributed by atoms with E-state index in [1.54, 1.807) is 25.1 Å². The van der Waals surface area contributed by atoms with Crippen molar-refractivity contribution < 1.29 is 14.3 Å².